The van der Waals surface area contributed by atoms with E-state index in [1.165, 1.54) is 0 Å². The van der Waals surface area contributed by atoms with Gasteiger partial charge in [-0.05, 0) is 55.0 Å². The molecule has 0 bridgehead atoms. The van der Waals surface area contributed by atoms with Gasteiger partial charge in [0, 0.05) is 11.8 Å². The summed E-state index contributed by atoms with van der Waals surface area (Å²) in [5.74, 6) is 1.81. The van der Waals surface area contributed by atoms with Crippen molar-refractivity contribution in [2.75, 3.05) is 18.7 Å². The molecule has 3 aromatic carbocycles. The van der Waals surface area contributed by atoms with Gasteiger partial charge in [-0.3, -0.25) is 9.59 Å². The molecule has 0 unspecified atom stereocenters. The van der Waals surface area contributed by atoms with Crippen molar-refractivity contribution in [1.29, 1.82) is 0 Å². The Morgan fingerprint density at radius 3 is 2.66 bits per heavy atom. The number of carbonyl (C=O) groups is 2. The average molecular weight is 429 g/mol. The zero-order valence-electron chi connectivity index (χ0n) is 17.2. The molecule has 0 atom stereocenters. The highest BCUT2D eigenvalue weighted by molar-refractivity contribution is 6.14. The summed E-state index contributed by atoms with van der Waals surface area (Å²) in [5, 5.41) is 2.77. The van der Waals surface area contributed by atoms with Crippen molar-refractivity contribution in [2.24, 2.45) is 0 Å². The van der Waals surface area contributed by atoms with Gasteiger partial charge < -0.3 is 24.3 Å². The predicted octanol–water partition coefficient (Wildman–Crippen LogP) is 4.36. The van der Waals surface area contributed by atoms with Gasteiger partial charge in [-0.1, -0.05) is 23.8 Å². The Bertz CT molecular complexity index is 1250. The molecule has 2 heterocycles. The molecule has 160 valence electrons. The maximum atomic E-state index is 12.7. The van der Waals surface area contributed by atoms with E-state index in [1.54, 1.807) is 36.4 Å². The van der Waals surface area contributed by atoms with E-state index in [0.717, 1.165) is 11.1 Å². The minimum absolute atomic E-state index is 0.166. The molecule has 1 amide bonds. The molecule has 0 fully saturated rings. The number of anilines is 1. The van der Waals surface area contributed by atoms with Crippen LogP contribution >= 0.6 is 0 Å². The number of fused-ring (bicyclic) bond motifs is 2. The molecule has 1 N–H and O–H groups in total. The molecule has 0 aromatic heterocycles. The third kappa shape index (κ3) is 4.00. The van der Waals surface area contributed by atoms with Crippen LogP contribution in [0, 0.1) is 6.92 Å². The van der Waals surface area contributed by atoms with Gasteiger partial charge in [0.2, 0.25) is 12.6 Å². The monoisotopic (exact) mass is 429 g/mol. The Morgan fingerprint density at radius 2 is 1.81 bits per heavy atom. The number of ketones is 1. The Kier molecular flexibility index (Phi) is 4.99. The molecule has 0 aliphatic carbocycles. The standard InChI is InChI=1S/C25H19NO6/c1-15-2-5-17(6-3-15)26-24(27)13-29-18-7-8-19-21(12-18)32-23(25(19)28)11-16-4-9-20-22(10-16)31-14-30-20/h2-12H,13-14H2,1H3,(H,26,27). The van der Waals surface area contributed by atoms with Crippen LogP contribution in [0.2, 0.25) is 0 Å². The lowest BCUT2D eigenvalue weighted by atomic mass is 10.1. The van der Waals surface area contributed by atoms with Crippen LogP contribution in [0.1, 0.15) is 21.5 Å². The van der Waals surface area contributed by atoms with Crippen LogP contribution < -0.4 is 24.3 Å². The van der Waals surface area contributed by atoms with Crippen molar-refractivity contribution in [3.05, 3.63) is 83.1 Å². The number of aryl methyl sites for hydroxylation is 1. The molecule has 5 rings (SSSR count). The quantitative estimate of drug-likeness (QED) is 0.607. The SMILES string of the molecule is Cc1ccc(NC(=O)COc2ccc3c(c2)OC(=Cc2ccc4c(c2)OCO4)C3=O)cc1. The molecular weight excluding hydrogens is 410 g/mol. The number of hydrogen-bond acceptors (Lipinski definition) is 6. The molecule has 0 radical (unpaired) electrons. The minimum Gasteiger partial charge on any atom is -0.484 e. The zero-order chi connectivity index (χ0) is 22.1. The number of Topliss-reactive ketones (excluding diaryl/α,β-unsaturated/α-hetero) is 1. The fraction of sp³-hybridized carbons (Fsp3) is 0.120. The smallest absolute Gasteiger partial charge is 0.262 e. The van der Waals surface area contributed by atoms with Crippen LogP contribution in [-0.2, 0) is 4.79 Å². The highest BCUT2D eigenvalue weighted by Gasteiger charge is 2.28. The Labute approximate surface area is 184 Å². The van der Waals surface area contributed by atoms with Gasteiger partial charge in [0.05, 0.1) is 5.56 Å². The molecule has 0 saturated heterocycles. The molecule has 2 aliphatic rings. The van der Waals surface area contributed by atoms with E-state index in [0.29, 0.717) is 34.2 Å². The fourth-order valence-electron chi connectivity index (χ4n) is 3.39. The Hall–Kier alpha value is -4.26. The van der Waals surface area contributed by atoms with Crippen LogP contribution in [0.25, 0.3) is 6.08 Å². The third-order valence-corrected chi connectivity index (χ3v) is 5.04. The molecule has 2 aliphatic heterocycles. The second-order valence-corrected chi connectivity index (χ2v) is 7.41. The first-order chi connectivity index (χ1) is 15.5. The number of hydrogen-bond donors (Lipinski definition) is 1. The van der Waals surface area contributed by atoms with Gasteiger partial charge in [-0.15, -0.1) is 0 Å². The highest BCUT2D eigenvalue weighted by Crippen LogP contribution is 2.37. The number of allylic oxidation sites excluding steroid dienone is 1. The van der Waals surface area contributed by atoms with E-state index >= 15 is 0 Å². The largest absolute Gasteiger partial charge is 0.484 e. The van der Waals surface area contributed by atoms with Gasteiger partial charge in [0.15, 0.2) is 23.9 Å². The summed E-state index contributed by atoms with van der Waals surface area (Å²) in [6, 6.07) is 17.8. The summed E-state index contributed by atoms with van der Waals surface area (Å²) in [5.41, 5.74) is 3.01. The van der Waals surface area contributed by atoms with Crippen LogP contribution in [0.15, 0.2) is 66.4 Å². The Balaban J connectivity index is 1.24. The first kappa shape index (κ1) is 19.7. The van der Waals surface area contributed by atoms with Gasteiger partial charge in [0.1, 0.15) is 11.5 Å². The van der Waals surface area contributed by atoms with E-state index in [1.807, 2.05) is 37.3 Å². The van der Waals surface area contributed by atoms with Crippen LogP contribution in [0.3, 0.4) is 0 Å². The van der Waals surface area contributed by atoms with Crippen molar-refractivity contribution >= 4 is 23.5 Å². The molecule has 7 heteroatoms. The van der Waals surface area contributed by atoms with E-state index in [9.17, 15) is 9.59 Å². The van der Waals surface area contributed by atoms with Crippen LogP contribution in [0.4, 0.5) is 5.69 Å². The summed E-state index contributed by atoms with van der Waals surface area (Å²) >= 11 is 0. The zero-order valence-corrected chi connectivity index (χ0v) is 17.2. The van der Waals surface area contributed by atoms with Crippen LogP contribution in [-0.4, -0.2) is 25.1 Å². The second-order valence-electron chi connectivity index (χ2n) is 7.41. The van der Waals surface area contributed by atoms with E-state index < -0.39 is 0 Å². The third-order valence-electron chi connectivity index (χ3n) is 5.04. The summed E-state index contributed by atoms with van der Waals surface area (Å²) < 4.78 is 22.0. The fourth-order valence-corrected chi connectivity index (χ4v) is 3.39. The number of ether oxygens (including phenoxy) is 4. The van der Waals surface area contributed by atoms with Gasteiger partial charge in [0.25, 0.3) is 5.91 Å². The van der Waals surface area contributed by atoms with Crippen molar-refractivity contribution < 1.29 is 28.5 Å². The number of benzene rings is 3. The van der Waals surface area contributed by atoms with Crippen molar-refractivity contribution in [3.8, 4) is 23.0 Å². The van der Waals surface area contributed by atoms with Crippen LogP contribution in [0.5, 0.6) is 23.0 Å². The summed E-state index contributed by atoms with van der Waals surface area (Å²) in [7, 11) is 0. The molecule has 3 aromatic rings. The molecule has 32 heavy (non-hydrogen) atoms. The molecule has 0 saturated carbocycles. The summed E-state index contributed by atoms with van der Waals surface area (Å²) in [4.78, 5) is 24.8. The Morgan fingerprint density at radius 1 is 1.00 bits per heavy atom. The number of amides is 1. The van der Waals surface area contributed by atoms with Gasteiger partial charge in [-0.25, -0.2) is 0 Å². The second kappa shape index (κ2) is 8.11. The predicted molar refractivity (Wildman–Crippen MR) is 117 cm³/mol. The van der Waals surface area contributed by atoms with Crippen molar-refractivity contribution in [1.82, 2.24) is 0 Å². The molecule has 0 spiro atoms. The molecular formula is C25H19NO6. The number of carbonyl (C=O) groups excluding carboxylic acids is 2. The summed E-state index contributed by atoms with van der Waals surface area (Å²) in [6.45, 7) is 1.99. The maximum absolute atomic E-state index is 12.7. The lowest BCUT2D eigenvalue weighted by Gasteiger charge is -2.08. The van der Waals surface area contributed by atoms with Crippen molar-refractivity contribution in [3.63, 3.8) is 0 Å². The van der Waals surface area contributed by atoms with Gasteiger partial charge >= 0.3 is 0 Å². The average Bonchev–Trinajstić information content (AvgIpc) is 3.38. The lowest BCUT2D eigenvalue weighted by Crippen LogP contribution is -2.20. The van der Waals surface area contributed by atoms with Crippen molar-refractivity contribution in [2.45, 2.75) is 6.92 Å². The van der Waals surface area contributed by atoms with E-state index in [-0.39, 0.29) is 30.8 Å². The summed E-state index contributed by atoms with van der Waals surface area (Å²) in [6.07, 6.45) is 1.65. The first-order valence-electron chi connectivity index (χ1n) is 10.0. The molecule has 7 nitrogen and oxygen atoms in total. The normalized spacial score (nSPS) is 14.8. The van der Waals surface area contributed by atoms with E-state index in [4.69, 9.17) is 18.9 Å². The highest BCUT2D eigenvalue weighted by atomic mass is 16.7. The number of rotatable bonds is 5. The maximum Gasteiger partial charge on any atom is 0.262 e. The number of nitrogens with one attached hydrogen (secondary N) is 1. The minimum atomic E-state index is -0.283. The van der Waals surface area contributed by atoms with E-state index in [2.05, 4.69) is 5.32 Å². The lowest BCUT2D eigenvalue weighted by molar-refractivity contribution is -0.118. The topological polar surface area (TPSA) is 83.1 Å². The first-order valence-corrected chi connectivity index (χ1v) is 10.0. The van der Waals surface area contributed by atoms with Gasteiger partial charge in [-0.2, -0.15) is 0 Å².